The summed E-state index contributed by atoms with van der Waals surface area (Å²) in [6.07, 6.45) is 10.1. The lowest BCUT2D eigenvalue weighted by atomic mass is 9.80. The van der Waals surface area contributed by atoms with Crippen molar-refractivity contribution in [3.05, 3.63) is 0 Å². The normalized spacial score (nSPS) is 20.6. The van der Waals surface area contributed by atoms with Gasteiger partial charge >= 0.3 is 0 Å². The minimum atomic E-state index is 0.670. The van der Waals surface area contributed by atoms with E-state index in [1.165, 1.54) is 51.5 Å². The SMILES string of the molecule is CNCC1(CCCC(C)C)CCCC1. The van der Waals surface area contributed by atoms with E-state index < -0.39 is 0 Å². The number of hydrogen-bond donors (Lipinski definition) is 1. The molecule has 1 nitrogen and oxygen atoms in total. The van der Waals surface area contributed by atoms with Crippen molar-refractivity contribution in [1.29, 1.82) is 0 Å². The second kappa shape index (κ2) is 5.75. The Labute approximate surface area is 89.7 Å². The van der Waals surface area contributed by atoms with E-state index in [1.807, 2.05) is 0 Å². The Morgan fingerprint density at radius 2 is 1.86 bits per heavy atom. The Morgan fingerprint density at radius 3 is 2.36 bits per heavy atom. The molecule has 84 valence electrons. The van der Waals surface area contributed by atoms with Gasteiger partial charge in [0.1, 0.15) is 0 Å². The van der Waals surface area contributed by atoms with Crippen LogP contribution in [0.25, 0.3) is 0 Å². The molecule has 0 spiro atoms. The maximum atomic E-state index is 3.39. The molecule has 0 heterocycles. The molecule has 1 aliphatic rings. The van der Waals surface area contributed by atoms with Crippen LogP contribution in [0.3, 0.4) is 0 Å². The van der Waals surface area contributed by atoms with Crippen LogP contribution in [-0.4, -0.2) is 13.6 Å². The van der Waals surface area contributed by atoms with Crippen molar-refractivity contribution in [2.45, 2.75) is 58.8 Å². The minimum absolute atomic E-state index is 0.670. The summed E-state index contributed by atoms with van der Waals surface area (Å²) in [4.78, 5) is 0. The Kier molecular flexibility index (Phi) is 4.94. The van der Waals surface area contributed by atoms with Crippen LogP contribution in [0.2, 0.25) is 0 Å². The van der Waals surface area contributed by atoms with Crippen LogP contribution >= 0.6 is 0 Å². The lowest BCUT2D eigenvalue weighted by Crippen LogP contribution is -2.29. The third kappa shape index (κ3) is 3.61. The zero-order valence-corrected chi connectivity index (χ0v) is 10.2. The van der Waals surface area contributed by atoms with Crippen LogP contribution in [0, 0.1) is 11.3 Å². The van der Waals surface area contributed by atoms with Gasteiger partial charge in [0.25, 0.3) is 0 Å². The lowest BCUT2D eigenvalue weighted by Gasteiger charge is -2.29. The van der Waals surface area contributed by atoms with Crippen LogP contribution in [0.15, 0.2) is 0 Å². The Bertz CT molecular complexity index is 145. The van der Waals surface area contributed by atoms with Gasteiger partial charge in [-0.2, -0.15) is 0 Å². The van der Waals surface area contributed by atoms with Crippen LogP contribution in [0.4, 0.5) is 0 Å². The zero-order valence-electron chi connectivity index (χ0n) is 10.2. The van der Waals surface area contributed by atoms with Crippen LogP contribution in [0.1, 0.15) is 58.8 Å². The molecule has 1 fully saturated rings. The smallest absolute Gasteiger partial charge is 0.000480 e. The molecule has 1 aliphatic carbocycles. The predicted molar refractivity (Wildman–Crippen MR) is 63.5 cm³/mol. The summed E-state index contributed by atoms with van der Waals surface area (Å²) in [5.41, 5.74) is 0.670. The number of rotatable bonds is 6. The van der Waals surface area contributed by atoms with Crippen LogP contribution in [0.5, 0.6) is 0 Å². The maximum absolute atomic E-state index is 3.39. The van der Waals surface area contributed by atoms with E-state index >= 15 is 0 Å². The molecule has 0 atom stereocenters. The molecule has 1 saturated carbocycles. The molecule has 0 aromatic carbocycles. The fourth-order valence-corrected chi connectivity index (χ4v) is 2.90. The van der Waals surface area contributed by atoms with Crippen molar-refractivity contribution in [3.63, 3.8) is 0 Å². The van der Waals surface area contributed by atoms with Crippen molar-refractivity contribution < 1.29 is 0 Å². The average Bonchev–Trinajstić information content (AvgIpc) is 2.53. The van der Waals surface area contributed by atoms with Crippen molar-refractivity contribution in [2.24, 2.45) is 11.3 Å². The van der Waals surface area contributed by atoms with Gasteiger partial charge in [0.2, 0.25) is 0 Å². The molecule has 0 saturated heterocycles. The second-order valence-corrected chi connectivity index (χ2v) is 5.52. The highest BCUT2D eigenvalue weighted by Gasteiger charge is 2.32. The Hall–Kier alpha value is -0.0400. The third-order valence-electron chi connectivity index (χ3n) is 3.70. The van der Waals surface area contributed by atoms with E-state index in [0.29, 0.717) is 5.41 Å². The molecule has 0 aromatic heterocycles. The number of nitrogens with one attached hydrogen (secondary N) is 1. The van der Waals surface area contributed by atoms with Gasteiger partial charge in [0.15, 0.2) is 0 Å². The molecule has 1 heteroatoms. The first-order valence-electron chi connectivity index (χ1n) is 6.33. The fourth-order valence-electron chi connectivity index (χ4n) is 2.90. The van der Waals surface area contributed by atoms with E-state index in [1.54, 1.807) is 0 Å². The van der Waals surface area contributed by atoms with E-state index in [9.17, 15) is 0 Å². The van der Waals surface area contributed by atoms with Crippen molar-refractivity contribution in [3.8, 4) is 0 Å². The van der Waals surface area contributed by atoms with Gasteiger partial charge < -0.3 is 5.32 Å². The van der Waals surface area contributed by atoms with E-state index in [2.05, 4.69) is 26.2 Å². The molecule has 0 unspecified atom stereocenters. The molecular formula is C13H27N. The molecule has 0 bridgehead atoms. The molecule has 0 amide bonds. The fraction of sp³-hybridized carbons (Fsp3) is 1.00. The highest BCUT2D eigenvalue weighted by molar-refractivity contribution is 4.86. The summed E-state index contributed by atoms with van der Waals surface area (Å²) < 4.78 is 0. The van der Waals surface area contributed by atoms with Crippen LogP contribution in [-0.2, 0) is 0 Å². The monoisotopic (exact) mass is 197 g/mol. The van der Waals surface area contributed by atoms with Gasteiger partial charge in [0.05, 0.1) is 0 Å². The first-order valence-corrected chi connectivity index (χ1v) is 6.33. The summed E-state index contributed by atoms with van der Waals surface area (Å²) in [5.74, 6) is 0.878. The molecule has 1 rings (SSSR count). The zero-order chi connectivity index (χ0) is 10.4. The third-order valence-corrected chi connectivity index (χ3v) is 3.70. The largest absolute Gasteiger partial charge is 0.319 e. The Balaban J connectivity index is 2.28. The van der Waals surface area contributed by atoms with Gasteiger partial charge in [0, 0.05) is 6.54 Å². The molecule has 0 aliphatic heterocycles. The summed E-state index contributed by atoms with van der Waals surface area (Å²) >= 11 is 0. The molecule has 14 heavy (non-hydrogen) atoms. The molecule has 0 aromatic rings. The van der Waals surface area contributed by atoms with Gasteiger partial charge in [-0.05, 0) is 37.6 Å². The van der Waals surface area contributed by atoms with Gasteiger partial charge in [-0.25, -0.2) is 0 Å². The van der Waals surface area contributed by atoms with Crippen LogP contribution < -0.4 is 5.32 Å². The summed E-state index contributed by atoms with van der Waals surface area (Å²) in [7, 11) is 2.10. The topological polar surface area (TPSA) is 12.0 Å². The molecule has 0 radical (unpaired) electrons. The second-order valence-electron chi connectivity index (χ2n) is 5.52. The maximum Gasteiger partial charge on any atom is 0.000480 e. The summed E-state index contributed by atoms with van der Waals surface area (Å²) in [5, 5.41) is 3.39. The predicted octanol–water partition coefficient (Wildman–Crippen LogP) is 3.59. The van der Waals surface area contributed by atoms with Gasteiger partial charge in [-0.3, -0.25) is 0 Å². The van der Waals surface area contributed by atoms with Crippen molar-refractivity contribution >= 4 is 0 Å². The highest BCUT2D eigenvalue weighted by atomic mass is 14.8. The standard InChI is InChI=1S/C13H27N/c1-12(2)7-6-10-13(11-14-3)8-4-5-9-13/h12,14H,4-11H2,1-3H3. The van der Waals surface area contributed by atoms with Gasteiger partial charge in [-0.1, -0.05) is 39.5 Å². The van der Waals surface area contributed by atoms with E-state index in [-0.39, 0.29) is 0 Å². The van der Waals surface area contributed by atoms with Crippen molar-refractivity contribution in [2.75, 3.05) is 13.6 Å². The Morgan fingerprint density at radius 1 is 1.21 bits per heavy atom. The summed E-state index contributed by atoms with van der Waals surface area (Å²) in [6, 6.07) is 0. The molecular weight excluding hydrogens is 170 g/mol. The molecule has 1 N–H and O–H groups in total. The quantitative estimate of drug-likeness (QED) is 0.686. The van der Waals surface area contributed by atoms with Gasteiger partial charge in [-0.15, -0.1) is 0 Å². The summed E-state index contributed by atoms with van der Waals surface area (Å²) in [6.45, 7) is 5.91. The highest BCUT2D eigenvalue weighted by Crippen LogP contribution is 2.41. The van der Waals surface area contributed by atoms with E-state index in [4.69, 9.17) is 0 Å². The lowest BCUT2D eigenvalue weighted by molar-refractivity contribution is 0.250. The first kappa shape index (κ1) is 12.0. The minimum Gasteiger partial charge on any atom is -0.319 e. The van der Waals surface area contributed by atoms with Crippen molar-refractivity contribution in [1.82, 2.24) is 5.32 Å². The average molecular weight is 197 g/mol. The van der Waals surface area contributed by atoms with E-state index in [0.717, 1.165) is 5.92 Å². The number of hydrogen-bond acceptors (Lipinski definition) is 1. The first-order chi connectivity index (χ1) is 6.68.